The topological polar surface area (TPSA) is 126 Å². The summed E-state index contributed by atoms with van der Waals surface area (Å²) in [6, 6.07) is 4.09. The van der Waals surface area contributed by atoms with Gasteiger partial charge in [0.15, 0.2) is 9.76 Å². The molecule has 1 aliphatic rings. The molecule has 2 atom stereocenters. The van der Waals surface area contributed by atoms with Crippen molar-refractivity contribution in [1.29, 1.82) is 0 Å². The fourth-order valence-corrected chi connectivity index (χ4v) is 5.25. The molecule has 38 heavy (non-hydrogen) atoms. The number of ether oxygens (including phenoxy) is 2. The van der Waals surface area contributed by atoms with Gasteiger partial charge < -0.3 is 24.0 Å². The number of nitro groups is 1. The smallest absolute Gasteiger partial charge is 0.414 e. The van der Waals surface area contributed by atoms with Crippen LogP contribution in [0.3, 0.4) is 0 Å². The Morgan fingerprint density at radius 3 is 2.61 bits per heavy atom. The van der Waals surface area contributed by atoms with Crippen LogP contribution in [0.2, 0.25) is 5.04 Å². The van der Waals surface area contributed by atoms with Crippen molar-refractivity contribution in [1.82, 2.24) is 9.55 Å². The molecule has 2 unspecified atom stereocenters. The van der Waals surface area contributed by atoms with Crippen LogP contribution in [0.4, 0.5) is 20.7 Å². The summed E-state index contributed by atoms with van der Waals surface area (Å²) in [4.78, 5) is 41.0. The van der Waals surface area contributed by atoms with Crippen molar-refractivity contribution < 1.29 is 32.8 Å². The van der Waals surface area contributed by atoms with Gasteiger partial charge in [0, 0.05) is 28.0 Å². The summed E-state index contributed by atoms with van der Waals surface area (Å²) in [7, 11) is -0.910. The average molecular weight is 616 g/mol. The van der Waals surface area contributed by atoms with E-state index in [-0.39, 0.29) is 40.7 Å². The van der Waals surface area contributed by atoms with Crippen LogP contribution in [-0.2, 0) is 25.2 Å². The second-order valence-corrected chi connectivity index (χ2v) is 14.1. The van der Waals surface area contributed by atoms with Gasteiger partial charge in [-0.2, -0.15) is 0 Å². The molecule has 14 heteroatoms. The highest BCUT2D eigenvalue weighted by Gasteiger charge is 2.43. The highest BCUT2D eigenvalue weighted by molar-refractivity contribution is 9.10. The fraction of sp³-hybridized carbons (Fsp3) is 0.542. The number of rotatable bonds is 10. The summed E-state index contributed by atoms with van der Waals surface area (Å²) in [5.74, 6) is -2.99. The lowest BCUT2D eigenvalue weighted by Crippen LogP contribution is -2.43. The Morgan fingerprint density at radius 1 is 1.37 bits per heavy atom. The first-order chi connectivity index (χ1) is 17.6. The summed E-state index contributed by atoms with van der Waals surface area (Å²) in [5, 5.41) is 11.1. The predicted octanol–water partition coefficient (Wildman–Crippen LogP) is 4.46. The molecule has 0 radical (unpaired) electrons. The zero-order valence-electron chi connectivity index (χ0n) is 22.2. The highest BCUT2D eigenvalue weighted by atomic mass is 79.9. The standard InChI is InChI=1S/C24H32BrFN4O7Si/c1-7-35-20(31)16(11-28-13-19(30(33)34)27-21(28)25)15-9-8-14(10-17(15)26)29-12-18(36-22(29)32)24(5,6)37-38-23(2,3)4/h8-10,13,16,18H,7,11-12,38H2,1-6H3. The van der Waals surface area contributed by atoms with Gasteiger partial charge in [0.05, 0.1) is 24.4 Å². The number of hydrogen-bond acceptors (Lipinski definition) is 8. The molecule has 1 aliphatic heterocycles. The molecule has 3 rings (SSSR count). The number of anilines is 1. The molecular formula is C24H32BrFN4O7Si. The molecule has 1 aromatic carbocycles. The first kappa shape index (κ1) is 29.7. The molecule has 0 aliphatic carbocycles. The number of cyclic esters (lactones) is 1. The Bertz CT molecular complexity index is 1220. The number of carbonyl (C=O) groups is 2. The number of carbonyl (C=O) groups excluding carboxylic acids is 2. The lowest BCUT2D eigenvalue weighted by atomic mass is 9.97. The lowest BCUT2D eigenvalue weighted by Gasteiger charge is -2.33. The summed E-state index contributed by atoms with van der Waals surface area (Å²) in [5.41, 5.74) is -0.429. The predicted molar refractivity (Wildman–Crippen MR) is 143 cm³/mol. The molecule has 1 amide bonds. The van der Waals surface area contributed by atoms with Crippen LogP contribution >= 0.6 is 15.9 Å². The Kier molecular flexibility index (Phi) is 8.99. The average Bonchev–Trinajstić information content (AvgIpc) is 3.39. The van der Waals surface area contributed by atoms with Crippen LogP contribution in [0, 0.1) is 15.9 Å². The third-order valence-corrected chi connectivity index (χ3v) is 8.38. The second kappa shape index (κ2) is 11.5. The molecule has 208 valence electrons. The minimum atomic E-state index is -1.12. The third-order valence-electron chi connectivity index (χ3n) is 5.99. The lowest BCUT2D eigenvalue weighted by molar-refractivity contribution is -0.389. The molecule has 0 saturated carbocycles. The van der Waals surface area contributed by atoms with Gasteiger partial charge >= 0.3 is 17.9 Å². The van der Waals surface area contributed by atoms with Crippen LogP contribution in [0.5, 0.6) is 0 Å². The van der Waals surface area contributed by atoms with Crippen molar-refractivity contribution in [3.8, 4) is 0 Å². The van der Waals surface area contributed by atoms with Crippen LogP contribution < -0.4 is 4.90 Å². The maximum Gasteiger partial charge on any atom is 0.414 e. The summed E-state index contributed by atoms with van der Waals surface area (Å²) >= 11 is 3.14. The number of amides is 1. The van der Waals surface area contributed by atoms with Crippen molar-refractivity contribution in [2.24, 2.45) is 0 Å². The van der Waals surface area contributed by atoms with Gasteiger partial charge in [-0.3, -0.25) is 14.3 Å². The molecule has 1 saturated heterocycles. The molecular weight excluding hydrogens is 583 g/mol. The van der Waals surface area contributed by atoms with Crippen LogP contribution in [0.25, 0.3) is 0 Å². The molecule has 1 aromatic heterocycles. The summed E-state index contributed by atoms with van der Waals surface area (Å²) in [6.45, 7) is 11.8. The number of nitrogens with zero attached hydrogens (tertiary/aromatic N) is 4. The van der Waals surface area contributed by atoms with Gasteiger partial charge in [0.25, 0.3) is 4.73 Å². The molecule has 1 fully saturated rings. The summed E-state index contributed by atoms with van der Waals surface area (Å²) in [6.07, 6.45) is -0.0166. The van der Waals surface area contributed by atoms with E-state index < -0.39 is 56.0 Å². The number of imidazole rings is 1. The zero-order chi connectivity index (χ0) is 28.4. The minimum absolute atomic E-state index is 0.0133. The quantitative estimate of drug-likeness (QED) is 0.166. The van der Waals surface area contributed by atoms with E-state index in [0.29, 0.717) is 0 Å². The van der Waals surface area contributed by atoms with E-state index >= 15 is 4.39 Å². The third kappa shape index (κ3) is 6.97. The normalized spacial score (nSPS) is 17.2. The monoisotopic (exact) mass is 614 g/mol. The maximum absolute atomic E-state index is 15.5. The molecule has 2 heterocycles. The maximum atomic E-state index is 15.5. The van der Waals surface area contributed by atoms with Gasteiger partial charge in [-0.1, -0.05) is 26.8 Å². The van der Waals surface area contributed by atoms with Gasteiger partial charge in [0.1, 0.15) is 24.0 Å². The Labute approximate surface area is 230 Å². The first-order valence-corrected chi connectivity index (χ1v) is 14.2. The van der Waals surface area contributed by atoms with Crippen LogP contribution in [0.1, 0.15) is 53.0 Å². The number of esters is 1. The summed E-state index contributed by atoms with van der Waals surface area (Å²) < 4.78 is 33.8. The highest BCUT2D eigenvalue weighted by Crippen LogP contribution is 2.33. The SMILES string of the molecule is CCOC(=O)C(Cn1cc([N+](=O)[O-])nc1Br)c1ccc(N2CC(C(C)(C)O[SiH2]C(C)(C)C)OC2=O)cc1F. The molecule has 0 bridgehead atoms. The minimum Gasteiger partial charge on any atom is -0.465 e. The van der Waals surface area contributed by atoms with Gasteiger partial charge in [0.2, 0.25) is 0 Å². The zero-order valence-corrected chi connectivity index (χ0v) is 25.2. The number of halogens is 2. The van der Waals surface area contributed by atoms with E-state index in [0.717, 1.165) is 12.3 Å². The van der Waals surface area contributed by atoms with Crippen molar-refractivity contribution in [3.63, 3.8) is 0 Å². The number of hydrogen-bond donors (Lipinski definition) is 0. The largest absolute Gasteiger partial charge is 0.465 e. The van der Waals surface area contributed by atoms with E-state index in [9.17, 15) is 19.7 Å². The van der Waals surface area contributed by atoms with Crippen molar-refractivity contribution in [2.45, 2.75) is 70.7 Å². The molecule has 2 aromatic rings. The van der Waals surface area contributed by atoms with Crippen molar-refractivity contribution in [3.05, 3.63) is 50.6 Å². The molecule has 0 N–H and O–H groups in total. The molecule has 11 nitrogen and oxygen atoms in total. The fourth-order valence-electron chi connectivity index (χ4n) is 3.83. The van der Waals surface area contributed by atoms with Crippen LogP contribution in [-0.4, -0.2) is 61.2 Å². The van der Waals surface area contributed by atoms with Gasteiger partial charge in [-0.25, -0.2) is 9.18 Å². The van der Waals surface area contributed by atoms with Gasteiger partial charge in [-0.05, 0) is 47.8 Å². The van der Waals surface area contributed by atoms with E-state index in [1.807, 2.05) is 13.8 Å². The number of benzene rings is 1. The van der Waals surface area contributed by atoms with Crippen LogP contribution in [0.15, 0.2) is 29.1 Å². The van der Waals surface area contributed by atoms with Crippen molar-refractivity contribution >= 4 is 49.3 Å². The van der Waals surface area contributed by atoms with E-state index in [1.165, 1.54) is 21.6 Å². The number of aromatic nitrogens is 2. The van der Waals surface area contributed by atoms with E-state index in [1.54, 1.807) is 6.92 Å². The Morgan fingerprint density at radius 2 is 2.05 bits per heavy atom. The van der Waals surface area contributed by atoms with E-state index in [4.69, 9.17) is 13.9 Å². The Balaban J connectivity index is 1.84. The van der Waals surface area contributed by atoms with E-state index in [2.05, 4.69) is 41.7 Å². The molecule has 0 spiro atoms. The van der Waals surface area contributed by atoms with Crippen molar-refractivity contribution in [2.75, 3.05) is 18.1 Å². The Hall–Kier alpha value is -2.84. The first-order valence-electron chi connectivity index (χ1n) is 12.1. The van der Waals surface area contributed by atoms with Gasteiger partial charge in [-0.15, -0.1) is 0 Å². The second-order valence-electron chi connectivity index (χ2n) is 10.7.